The predicted octanol–water partition coefficient (Wildman–Crippen LogP) is 11.2. The molecule has 2 heteroatoms. The Morgan fingerprint density at radius 3 is 1.80 bits per heavy atom. The highest BCUT2D eigenvalue weighted by atomic mass is 15.0. The van der Waals surface area contributed by atoms with Crippen LogP contribution in [0.5, 0.6) is 0 Å². The molecule has 2 nitrogen and oxygen atoms in total. The van der Waals surface area contributed by atoms with E-state index in [0.717, 1.165) is 10.9 Å². The van der Waals surface area contributed by atoms with Gasteiger partial charge in [0, 0.05) is 32.9 Å². The van der Waals surface area contributed by atoms with E-state index in [4.69, 9.17) is 20.6 Å². The summed E-state index contributed by atoms with van der Waals surface area (Å²) in [7, 11) is 0. The van der Waals surface area contributed by atoms with Crippen LogP contribution in [0.25, 0.3) is 77.2 Å². The Bertz CT molecular complexity index is 3300. The highest BCUT2D eigenvalue weighted by Gasteiger charge is 2.16. The van der Waals surface area contributed by atoms with Gasteiger partial charge < -0.3 is 9.13 Å². The number of nitrogens with zero attached hydrogens (tertiary/aromatic N) is 2. The monoisotopic (exact) mass is 576 g/mol. The minimum atomic E-state index is -0.607. The molecule has 206 valence electrons. The second-order valence-corrected chi connectivity index (χ2v) is 10.2. The third kappa shape index (κ3) is 3.82. The third-order valence-electron chi connectivity index (χ3n) is 7.77. The summed E-state index contributed by atoms with van der Waals surface area (Å²) >= 11 is 0. The van der Waals surface area contributed by atoms with E-state index in [9.17, 15) is 1.37 Å². The fourth-order valence-corrected chi connectivity index (χ4v) is 5.90. The largest absolute Gasteiger partial charge is 0.309 e. The van der Waals surface area contributed by atoms with Crippen molar-refractivity contribution in [2.75, 3.05) is 0 Å². The van der Waals surface area contributed by atoms with Gasteiger partial charge in [0.1, 0.15) is 0 Å². The maximum atomic E-state index is 9.23. The van der Waals surface area contributed by atoms with Crippen molar-refractivity contribution in [3.05, 3.63) is 169 Å². The molecule has 0 unspecified atom stereocenters. The lowest BCUT2D eigenvalue weighted by Gasteiger charge is -2.12. The first kappa shape index (κ1) is 13.6. The highest BCUT2D eigenvalue weighted by molar-refractivity contribution is 6.12. The van der Waals surface area contributed by atoms with Crippen molar-refractivity contribution in [3.63, 3.8) is 0 Å². The van der Waals surface area contributed by atoms with Crippen LogP contribution >= 0.6 is 0 Å². The summed E-state index contributed by atoms with van der Waals surface area (Å²) in [5.74, 6) is 0. The zero-order chi connectivity index (χ0) is 43.0. The van der Waals surface area contributed by atoms with Crippen molar-refractivity contribution >= 4 is 43.6 Å². The SMILES string of the molecule is [2H]c1cc([2H])c(-c2c([2H])c([2H])c([2H])c([2H])c2[2H])c([2H])c1-c1cccc(-n2c3ccccc3c3cc(-n4c5c([2H])c([2H])c([2H])c([2H])c5c5c([2H])c([2H])c([2H])c([2H])c54)ccc32)c1. The van der Waals surface area contributed by atoms with Gasteiger partial charge >= 0.3 is 0 Å². The molecule has 7 aromatic carbocycles. The van der Waals surface area contributed by atoms with Crippen LogP contribution in [0.3, 0.4) is 0 Å². The molecule has 0 fully saturated rings. The van der Waals surface area contributed by atoms with Crippen molar-refractivity contribution in [1.29, 1.82) is 0 Å². The molecule has 0 radical (unpaired) electrons. The predicted molar refractivity (Wildman–Crippen MR) is 186 cm³/mol. The smallest absolute Gasteiger partial charge is 0.0645 e. The molecule has 0 amide bonds. The average molecular weight is 577 g/mol. The summed E-state index contributed by atoms with van der Waals surface area (Å²) in [4.78, 5) is 0. The van der Waals surface area contributed by atoms with Crippen LogP contribution in [0.4, 0.5) is 0 Å². The van der Waals surface area contributed by atoms with Crippen molar-refractivity contribution < 1.29 is 21.9 Å². The fourth-order valence-electron chi connectivity index (χ4n) is 5.90. The van der Waals surface area contributed by atoms with Crippen LogP contribution in [-0.2, 0) is 0 Å². The Morgan fingerprint density at radius 2 is 1.00 bits per heavy atom. The molecule has 0 N–H and O–H groups in total. The molecule has 2 heterocycles. The number of benzene rings is 7. The van der Waals surface area contributed by atoms with E-state index < -0.39 is 78.6 Å². The average Bonchev–Trinajstić information content (AvgIpc) is 3.77. The van der Waals surface area contributed by atoms with E-state index in [-0.39, 0.29) is 56.6 Å². The molecule has 0 aliphatic carbocycles. The van der Waals surface area contributed by atoms with Crippen LogP contribution in [0, 0.1) is 0 Å². The van der Waals surface area contributed by atoms with Crippen LogP contribution < -0.4 is 0 Å². The van der Waals surface area contributed by atoms with Gasteiger partial charge in [0.25, 0.3) is 0 Å². The molecule has 0 saturated heterocycles. The van der Waals surface area contributed by atoms with Crippen LogP contribution in [0.2, 0.25) is 0 Å². The van der Waals surface area contributed by atoms with Gasteiger partial charge in [0.05, 0.1) is 44.0 Å². The first-order valence-electron chi connectivity index (χ1n) is 21.8. The molecular weight excluding hydrogens is 532 g/mol. The summed E-state index contributed by atoms with van der Waals surface area (Å²) in [5, 5.41) is 1.40. The minimum Gasteiger partial charge on any atom is -0.309 e. The standard InChI is InChI=1S/C42H28N2/c1-2-12-29(13-3-1)30-14-10-15-31(26-30)32-16-11-17-33(27-32)43-41-23-9-6-20-37(41)38-28-34(24-25-42(38)43)44-39-21-7-4-18-35(39)36-19-5-8-22-40(36)44/h1-28H/i1D,2D,3D,4D,5D,7D,8D,12D,13D,14D,15D,18D,19D,21D,22D,26D. The zero-order valence-corrected chi connectivity index (χ0v) is 22.8. The van der Waals surface area contributed by atoms with Crippen molar-refractivity contribution in [3.8, 4) is 33.6 Å². The summed E-state index contributed by atoms with van der Waals surface area (Å²) in [6.07, 6.45) is 0. The van der Waals surface area contributed by atoms with E-state index in [0.29, 0.717) is 27.8 Å². The first-order chi connectivity index (χ1) is 28.5. The second kappa shape index (κ2) is 9.86. The lowest BCUT2D eigenvalue weighted by atomic mass is 9.99. The maximum absolute atomic E-state index is 9.23. The van der Waals surface area contributed by atoms with E-state index in [1.807, 2.05) is 34.9 Å². The zero-order valence-electron chi connectivity index (χ0n) is 38.8. The maximum Gasteiger partial charge on any atom is 0.0645 e. The number of para-hydroxylation sites is 3. The van der Waals surface area contributed by atoms with Gasteiger partial charge in [0.2, 0.25) is 0 Å². The first-order valence-corrected chi connectivity index (χ1v) is 13.8. The van der Waals surface area contributed by atoms with E-state index in [2.05, 4.69) is 0 Å². The molecule has 9 rings (SSSR count). The fraction of sp³-hybridized carbons (Fsp3) is 0. The van der Waals surface area contributed by atoms with Gasteiger partial charge in [-0.25, -0.2) is 0 Å². The van der Waals surface area contributed by atoms with E-state index >= 15 is 0 Å². The van der Waals surface area contributed by atoms with E-state index in [1.54, 1.807) is 36.4 Å². The molecule has 0 aliphatic rings. The van der Waals surface area contributed by atoms with Crippen molar-refractivity contribution in [2.24, 2.45) is 0 Å². The van der Waals surface area contributed by atoms with Gasteiger partial charge in [0.15, 0.2) is 0 Å². The van der Waals surface area contributed by atoms with E-state index in [1.165, 1.54) is 10.6 Å². The molecule has 0 saturated carbocycles. The Balaban J connectivity index is 1.29. The molecule has 0 aliphatic heterocycles. The lowest BCUT2D eigenvalue weighted by molar-refractivity contribution is 1.17. The normalized spacial score (nSPS) is 16.7. The summed E-state index contributed by atoms with van der Waals surface area (Å²) < 4.78 is 141. The number of aromatic nitrogens is 2. The lowest BCUT2D eigenvalue weighted by Crippen LogP contribution is -1.96. The number of hydrogen-bond acceptors (Lipinski definition) is 0. The van der Waals surface area contributed by atoms with Gasteiger partial charge in [-0.3, -0.25) is 0 Å². The Hall–Kier alpha value is -5.86. The summed E-state index contributed by atoms with van der Waals surface area (Å²) in [6, 6.07) is 13.4. The number of fused-ring (bicyclic) bond motifs is 6. The molecule has 0 atom stereocenters. The minimum absolute atomic E-state index is 0.00198. The highest BCUT2D eigenvalue weighted by Crippen LogP contribution is 2.37. The molecule has 0 spiro atoms. The molecular formula is C42H28N2. The summed E-state index contributed by atoms with van der Waals surface area (Å²) in [5.41, 5.74) is 2.37. The van der Waals surface area contributed by atoms with Gasteiger partial charge in [-0.2, -0.15) is 0 Å². The van der Waals surface area contributed by atoms with Crippen LogP contribution in [0.15, 0.2) is 169 Å². The molecule has 2 aromatic heterocycles. The second-order valence-electron chi connectivity index (χ2n) is 10.2. The Morgan fingerprint density at radius 1 is 0.364 bits per heavy atom. The topological polar surface area (TPSA) is 9.86 Å². The van der Waals surface area contributed by atoms with Crippen molar-refractivity contribution in [1.82, 2.24) is 9.13 Å². The molecule has 44 heavy (non-hydrogen) atoms. The Kier molecular flexibility index (Phi) is 3.05. The quantitative estimate of drug-likeness (QED) is 0.197. The van der Waals surface area contributed by atoms with Gasteiger partial charge in [-0.1, -0.05) is 115 Å². The number of rotatable bonds is 4. The summed E-state index contributed by atoms with van der Waals surface area (Å²) in [6.45, 7) is 0. The third-order valence-corrected chi connectivity index (χ3v) is 7.77. The molecule has 9 aromatic rings. The molecule has 0 bridgehead atoms. The van der Waals surface area contributed by atoms with Crippen LogP contribution in [0.1, 0.15) is 21.9 Å². The van der Waals surface area contributed by atoms with Gasteiger partial charge in [-0.05, 0) is 76.8 Å². The van der Waals surface area contributed by atoms with Gasteiger partial charge in [-0.15, -0.1) is 0 Å². The van der Waals surface area contributed by atoms with Crippen molar-refractivity contribution in [2.45, 2.75) is 0 Å². The van der Waals surface area contributed by atoms with Crippen LogP contribution in [-0.4, -0.2) is 9.13 Å². The Labute approximate surface area is 278 Å². The number of hydrogen-bond donors (Lipinski definition) is 0.